The number of ether oxygens (including phenoxy) is 1. The fraction of sp³-hybridized carbons (Fsp3) is 0.148. The third kappa shape index (κ3) is 3.75. The number of carbonyl (C=O) groups is 2. The van der Waals surface area contributed by atoms with Gasteiger partial charge >= 0.3 is 5.91 Å². The van der Waals surface area contributed by atoms with Crippen LogP contribution >= 0.6 is 34.5 Å². The van der Waals surface area contributed by atoms with Crippen LogP contribution in [-0.4, -0.2) is 27.9 Å². The lowest BCUT2D eigenvalue weighted by molar-refractivity contribution is -0.132. The maximum Gasteiger partial charge on any atom is 0.301 e. The Hall–Kier alpha value is -3.39. The SMILES string of the molecule is C[C@@H]1Cc2cc(/C(O)=C3\C(=O)C(=O)N(c4nc5ccc(Cl)cc5s4)[C@@H]3c3cccc(Cl)c3)ccc2O1. The van der Waals surface area contributed by atoms with Gasteiger partial charge in [0.15, 0.2) is 5.13 Å². The second-order valence-corrected chi connectivity index (χ2v) is 10.7. The van der Waals surface area contributed by atoms with E-state index < -0.39 is 17.7 Å². The summed E-state index contributed by atoms with van der Waals surface area (Å²) in [6.45, 7) is 1.97. The lowest BCUT2D eigenvalue weighted by Gasteiger charge is -2.23. The molecule has 2 aliphatic rings. The molecule has 0 spiro atoms. The molecule has 2 atom stereocenters. The minimum absolute atomic E-state index is 0.0218. The van der Waals surface area contributed by atoms with Gasteiger partial charge in [0.1, 0.15) is 17.6 Å². The molecule has 1 aromatic heterocycles. The fourth-order valence-corrected chi connectivity index (χ4v) is 6.20. The first-order valence-electron chi connectivity index (χ1n) is 11.2. The topological polar surface area (TPSA) is 79.7 Å². The highest BCUT2D eigenvalue weighted by atomic mass is 35.5. The van der Waals surface area contributed by atoms with E-state index in [2.05, 4.69) is 4.98 Å². The van der Waals surface area contributed by atoms with Crippen LogP contribution in [-0.2, 0) is 16.0 Å². The maximum absolute atomic E-state index is 13.4. The average Bonchev–Trinajstić information content (AvgIpc) is 3.50. The van der Waals surface area contributed by atoms with E-state index in [-0.39, 0.29) is 17.4 Å². The number of Topliss-reactive ketones (excluding diaryl/α,β-unsaturated/α-hetero) is 1. The number of thiazole rings is 1. The summed E-state index contributed by atoms with van der Waals surface area (Å²) in [5.41, 5.74) is 2.58. The largest absolute Gasteiger partial charge is 0.507 e. The number of halogens is 2. The Morgan fingerprint density at radius 1 is 1.08 bits per heavy atom. The molecule has 0 unspecified atom stereocenters. The molecule has 1 amide bonds. The van der Waals surface area contributed by atoms with E-state index in [0.29, 0.717) is 38.2 Å². The van der Waals surface area contributed by atoms with Gasteiger partial charge in [-0.2, -0.15) is 0 Å². The zero-order valence-electron chi connectivity index (χ0n) is 18.9. The van der Waals surface area contributed by atoms with Gasteiger partial charge < -0.3 is 9.84 Å². The number of aliphatic hydroxyl groups is 1. The summed E-state index contributed by atoms with van der Waals surface area (Å²) < 4.78 is 6.54. The highest BCUT2D eigenvalue weighted by molar-refractivity contribution is 7.22. The number of fused-ring (bicyclic) bond motifs is 2. The Balaban J connectivity index is 1.54. The molecule has 0 bridgehead atoms. The standard InChI is InChI=1S/C27H18Cl2N2O4S/c1-13-9-16-10-15(5-8-20(16)35-13)24(32)22-23(14-3-2-4-17(28)11-14)31(26(34)25(22)33)27-30-19-7-6-18(29)12-21(19)36-27/h2-8,10-13,23,32H,9H2,1H3/b24-22+/t13-,23-/m1/s1. The zero-order valence-corrected chi connectivity index (χ0v) is 21.2. The van der Waals surface area contributed by atoms with Crippen LogP contribution in [0.4, 0.5) is 5.13 Å². The quantitative estimate of drug-likeness (QED) is 0.182. The van der Waals surface area contributed by atoms with Crippen molar-refractivity contribution in [1.82, 2.24) is 4.98 Å². The summed E-state index contributed by atoms with van der Waals surface area (Å²) in [6.07, 6.45) is 0.721. The van der Waals surface area contributed by atoms with Gasteiger partial charge in [-0.1, -0.05) is 46.7 Å². The van der Waals surface area contributed by atoms with Crippen molar-refractivity contribution < 1.29 is 19.4 Å². The first-order valence-corrected chi connectivity index (χ1v) is 12.8. The minimum atomic E-state index is -0.914. The number of carbonyl (C=O) groups excluding carboxylic acids is 2. The Morgan fingerprint density at radius 2 is 1.89 bits per heavy atom. The minimum Gasteiger partial charge on any atom is -0.507 e. The van der Waals surface area contributed by atoms with Crippen molar-refractivity contribution in [3.8, 4) is 5.75 Å². The van der Waals surface area contributed by atoms with E-state index in [9.17, 15) is 14.7 Å². The summed E-state index contributed by atoms with van der Waals surface area (Å²) >= 11 is 13.7. The van der Waals surface area contributed by atoms with Crippen LogP contribution in [0.5, 0.6) is 5.75 Å². The molecule has 6 nitrogen and oxygen atoms in total. The summed E-state index contributed by atoms with van der Waals surface area (Å²) in [4.78, 5) is 32.8. The molecule has 3 aromatic carbocycles. The van der Waals surface area contributed by atoms with Gasteiger partial charge in [0.25, 0.3) is 5.78 Å². The molecule has 6 rings (SSSR count). The van der Waals surface area contributed by atoms with Gasteiger partial charge in [-0.15, -0.1) is 0 Å². The van der Waals surface area contributed by atoms with E-state index in [0.717, 1.165) is 16.0 Å². The van der Waals surface area contributed by atoms with Gasteiger partial charge in [0, 0.05) is 22.0 Å². The molecule has 3 heterocycles. The molecular formula is C27H18Cl2N2O4S. The third-order valence-electron chi connectivity index (χ3n) is 6.32. The van der Waals surface area contributed by atoms with Crippen molar-refractivity contribution >= 4 is 67.3 Å². The van der Waals surface area contributed by atoms with Crippen LogP contribution in [0.15, 0.2) is 66.2 Å². The average molecular weight is 537 g/mol. The van der Waals surface area contributed by atoms with Crippen LogP contribution in [0.2, 0.25) is 10.0 Å². The molecule has 36 heavy (non-hydrogen) atoms. The Labute approximate surface area is 220 Å². The predicted octanol–water partition coefficient (Wildman–Crippen LogP) is 6.55. The molecule has 1 fully saturated rings. The number of nitrogens with zero attached hydrogens (tertiary/aromatic N) is 2. The number of benzene rings is 3. The number of ketones is 1. The third-order valence-corrected chi connectivity index (χ3v) is 7.81. The maximum atomic E-state index is 13.4. The molecule has 2 aliphatic heterocycles. The molecule has 9 heteroatoms. The number of hydrogen-bond acceptors (Lipinski definition) is 6. The predicted molar refractivity (Wildman–Crippen MR) is 141 cm³/mol. The van der Waals surface area contributed by atoms with E-state index in [4.69, 9.17) is 27.9 Å². The van der Waals surface area contributed by atoms with Crippen LogP contribution in [0, 0.1) is 0 Å². The Kier molecular flexibility index (Phi) is 5.52. The summed E-state index contributed by atoms with van der Waals surface area (Å²) in [7, 11) is 0. The van der Waals surface area contributed by atoms with Crippen LogP contribution < -0.4 is 9.64 Å². The monoisotopic (exact) mass is 536 g/mol. The molecule has 0 radical (unpaired) electrons. The number of amides is 1. The molecule has 180 valence electrons. The Bertz CT molecular complexity index is 1610. The summed E-state index contributed by atoms with van der Waals surface area (Å²) in [6, 6.07) is 16.5. The molecule has 1 saturated heterocycles. The van der Waals surface area contributed by atoms with Gasteiger partial charge in [0.05, 0.1) is 21.8 Å². The molecule has 1 N–H and O–H groups in total. The van der Waals surface area contributed by atoms with E-state index in [1.54, 1.807) is 60.7 Å². The van der Waals surface area contributed by atoms with Crippen molar-refractivity contribution in [3.05, 3.63) is 93.0 Å². The van der Waals surface area contributed by atoms with Crippen LogP contribution in [0.1, 0.15) is 29.7 Å². The molecule has 0 saturated carbocycles. The normalized spacial score (nSPS) is 20.7. The number of aliphatic hydroxyl groups excluding tert-OH is 1. The Morgan fingerprint density at radius 3 is 2.69 bits per heavy atom. The van der Waals surface area contributed by atoms with Gasteiger partial charge in [0.2, 0.25) is 0 Å². The van der Waals surface area contributed by atoms with Crippen LogP contribution in [0.3, 0.4) is 0 Å². The second-order valence-electron chi connectivity index (χ2n) is 8.79. The summed E-state index contributed by atoms with van der Waals surface area (Å²) in [5.74, 6) is -1.07. The van der Waals surface area contributed by atoms with Crippen molar-refractivity contribution in [3.63, 3.8) is 0 Å². The van der Waals surface area contributed by atoms with E-state index in [1.807, 2.05) is 6.92 Å². The summed E-state index contributed by atoms with van der Waals surface area (Å²) in [5, 5.41) is 12.7. The number of rotatable bonds is 3. The zero-order chi connectivity index (χ0) is 25.1. The highest BCUT2D eigenvalue weighted by Crippen LogP contribution is 2.45. The van der Waals surface area contributed by atoms with E-state index >= 15 is 0 Å². The first kappa shape index (κ1) is 23.0. The van der Waals surface area contributed by atoms with E-state index in [1.165, 1.54) is 16.2 Å². The van der Waals surface area contributed by atoms with Crippen molar-refractivity contribution in [2.45, 2.75) is 25.5 Å². The number of aromatic nitrogens is 1. The fourth-order valence-electron chi connectivity index (χ4n) is 4.74. The van der Waals surface area contributed by atoms with Gasteiger partial charge in [-0.05, 0) is 66.6 Å². The van der Waals surface area contributed by atoms with Crippen molar-refractivity contribution in [2.24, 2.45) is 0 Å². The lowest BCUT2D eigenvalue weighted by Crippen LogP contribution is -2.29. The number of hydrogen-bond donors (Lipinski definition) is 1. The van der Waals surface area contributed by atoms with Crippen molar-refractivity contribution in [2.75, 3.05) is 4.90 Å². The second kappa shape index (κ2) is 8.62. The molecule has 4 aromatic rings. The lowest BCUT2D eigenvalue weighted by atomic mass is 9.94. The highest BCUT2D eigenvalue weighted by Gasteiger charge is 2.48. The van der Waals surface area contributed by atoms with Crippen LogP contribution in [0.25, 0.3) is 16.0 Å². The molecule has 0 aliphatic carbocycles. The number of anilines is 1. The van der Waals surface area contributed by atoms with Gasteiger partial charge in [-0.25, -0.2) is 4.98 Å². The van der Waals surface area contributed by atoms with Gasteiger partial charge in [-0.3, -0.25) is 14.5 Å². The molecular weight excluding hydrogens is 519 g/mol. The smallest absolute Gasteiger partial charge is 0.301 e. The first-order chi connectivity index (χ1) is 17.3. The van der Waals surface area contributed by atoms with Crippen molar-refractivity contribution in [1.29, 1.82) is 0 Å².